The van der Waals surface area contributed by atoms with Crippen molar-refractivity contribution < 1.29 is 27.8 Å². The zero-order valence-electron chi connectivity index (χ0n) is 20.2. The molecule has 0 bridgehead atoms. The molecule has 1 aromatic carbocycles. The quantitative estimate of drug-likeness (QED) is 0.440. The first-order chi connectivity index (χ1) is 15.7. The number of phenolic OH excluding ortho intramolecular Hbond substituents is 1. The Kier molecular flexibility index (Phi) is 8.71. The van der Waals surface area contributed by atoms with Gasteiger partial charge in [-0.05, 0) is 56.3 Å². The molecule has 0 fully saturated rings. The molecule has 1 unspecified atom stereocenters. The molecule has 1 aromatic rings. The van der Waals surface area contributed by atoms with Crippen LogP contribution in [0.15, 0.2) is 58.9 Å². The topological polar surface area (TPSA) is 68.1 Å². The highest BCUT2D eigenvalue weighted by molar-refractivity contribution is 5.89. The van der Waals surface area contributed by atoms with Gasteiger partial charge in [-0.25, -0.2) is 4.39 Å². The van der Waals surface area contributed by atoms with Crippen molar-refractivity contribution in [3.05, 3.63) is 65.3 Å². The fourth-order valence-corrected chi connectivity index (χ4v) is 4.03. The molecule has 2 rings (SSSR count). The Bertz CT molecular complexity index is 994. The number of halogens is 4. The summed E-state index contributed by atoms with van der Waals surface area (Å²) in [4.78, 5) is 6.51. The lowest BCUT2D eigenvalue weighted by atomic mass is 9.73. The van der Waals surface area contributed by atoms with Gasteiger partial charge >= 0.3 is 6.18 Å². The van der Waals surface area contributed by atoms with Crippen LogP contribution >= 0.6 is 0 Å². The molecule has 0 aliphatic carbocycles. The van der Waals surface area contributed by atoms with Crippen LogP contribution in [0.2, 0.25) is 0 Å². The number of aliphatic imine (C=N–C) groups is 1. The van der Waals surface area contributed by atoms with Crippen molar-refractivity contribution >= 4 is 5.71 Å². The smallest absolute Gasteiger partial charge is 0.417 e. The van der Waals surface area contributed by atoms with Gasteiger partial charge in [0.25, 0.3) is 0 Å². The van der Waals surface area contributed by atoms with E-state index < -0.39 is 35.9 Å². The fraction of sp³-hybridized carbons (Fsp3) is 0.480. The number of hydrogen-bond donors (Lipinski definition) is 3. The average Bonchev–Trinajstić information content (AvgIpc) is 2.92. The summed E-state index contributed by atoms with van der Waals surface area (Å²) in [6, 6.07) is 3.10. The lowest BCUT2D eigenvalue weighted by Crippen LogP contribution is -2.50. The Hall–Kier alpha value is -2.65. The summed E-state index contributed by atoms with van der Waals surface area (Å²) < 4.78 is 56.3. The van der Waals surface area contributed by atoms with Gasteiger partial charge in [-0.2, -0.15) is 13.2 Å². The molecule has 0 amide bonds. The monoisotopic (exact) mass is 483 g/mol. The van der Waals surface area contributed by atoms with Crippen LogP contribution in [-0.2, 0) is 5.41 Å². The number of phenols is 1. The summed E-state index contributed by atoms with van der Waals surface area (Å²) in [7, 11) is 5.28. The van der Waals surface area contributed by atoms with E-state index in [4.69, 9.17) is 0 Å². The largest absolute Gasteiger partial charge is 0.508 e. The third-order valence-corrected chi connectivity index (χ3v) is 5.62. The van der Waals surface area contributed by atoms with Gasteiger partial charge in [0.15, 0.2) is 5.60 Å². The van der Waals surface area contributed by atoms with Crippen LogP contribution in [0.1, 0.15) is 38.7 Å². The number of rotatable bonds is 9. The molecule has 3 N–H and O–H groups in total. The Morgan fingerprint density at radius 2 is 1.91 bits per heavy atom. The zero-order valence-corrected chi connectivity index (χ0v) is 20.2. The maximum absolute atomic E-state index is 14.2. The second-order valence-electron chi connectivity index (χ2n) is 9.49. The Labute approximate surface area is 198 Å². The molecule has 5 nitrogen and oxygen atoms in total. The summed E-state index contributed by atoms with van der Waals surface area (Å²) in [5, 5.41) is 23.8. The van der Waals surface area contributed by atoms with Crippen molar-refractivity contribution in [2.24, 2.45) is 4.99 Å². The fourth-order valence-electron chi connectivity index (χ4n) is 4.03. The lowest BCUT2D eigenvalue weighted by Gasteiger charge is -2.38. The molecule has 188 valence electrons. The SMILES string of the molecule is CN/C(=C\C1=CC=CCC(CN(C)C)=N1)CC(O)(CC(C)(C)c1cc(F)ccc1O)C(F)(F)F. The first kappa shape index (κ1) is 27.6. The van der Waals surface area contributed by atoms with E-state index in [0.717, 1.165) is 23.9 Å². The van der Waals surface area contributed by atoms with Gasteiger partial charge < -0.3 is 20.4 Å². The van der Waals surface area contributed by atoms with Gasteiger partial charge in [0, 0.05) is 43.4 Å². The molecule has 1 aliphatic rings. The van der Waals surface area contributed by atoms with E-state index in [2.05, 4.69) is 10.3 Å². The summed E-state index contributed by atoms with van der Waals surface area (Å²) in [5.41, 5.74) is -3.11. The Morgan fingerprint density at radius 3 is 2.50 bits per heavy atom. The van der Waals surface area contributed by atoms with Crippen LogP contribution < -0.4 is 5.32 Å². The zero-order chi connectivity index (χ0) is 25.7. The number of aromatic hydroxyl groups is 1. The molecule has 9 heteroatoms. The van der Waals surface area contributed by atoms with E-state index in [-0.39, 0.29) is 17.0 Å². The predicted molar refractivity (Wildman–Crippen MR) is 126 cm³/mol. The standard InChI is InChI=1S/C25H33F4N3O2/c1-23(2,21-12-17(26)10-11-22(21)33)16-24(34,25(27,28)29)14-20(30-3)13-18-8-6-7-9-19(31-18)15-32(4)5/h6-8,10-13,30,33-34H,9,14-16H2,1-5H3/b20-13-. The van der Waals surface area contributed by atoms with Crippen LogP contribution in [-0.4, -0.2) is 60.3 Å². The van der Waals surface area contributed by atoms with Crippen molar-refractivity contribution in [1.29, 1.82) is 0 Å². The van der Waals surface area contributed by atoms with Gasteiger partial charge in [-0.1, -0.05) is 26.0 Å². The molecule has 1 heterocycles. The Balaban J connectivity index is 2.41. The minimum atomic E-state index is -4.99. The minimum absolute atomic E-state index is 0.0142. The molecule has 0 radical (unpaired) electrons. The second kappa shape index (κ2) is 10.7. The van der Waals surface area contributed by atoms with Gasteiger partial charge in [-0.15, -0.1) is 0 Å². The van der Waals surface area contributed by atoms with Crippen LogP contribution in [0.25, 0.3) is 0 Å². The lowest BCUT2D eigenvalue weighted by molar-refractivity contribution is -0.266. The number of alkyl halides is 3. The molecule has 0 saturated heterocycles. The van der Waals surface area contributed by atoms with Gasteiger partial charge in [-0.3, -0.25) is 4.99 Å². The van der Waals surface area contributed by atoms with Crippen molar-refractivity contribution in [1.82, 2.24) is 10.2 Å². The number of allylic oxidation sites excluding steroid dienone is 4. The van der Waals surface area contributed by atoms with Gasteiger partial charge in [0.2, 0.25) is 0 Å². The Morgan fingerprint density at radius 1 is 1.24 bits per heavy atom. The first-order valence-electron chi connectivity index (χ1n) is 10.9. The van der Waals surface area contributed by atoms with E-state index in [1.807, 2.05) is 25.1 Å². The highest BCUT2D eigenvalue weighted by Gasteiger charge is 2.56. The maximum Gasteiger partial charge on any atom is 0.417 e. The van der Waals surface area contributed by atoms with Crippen molar-refractivity contribution in [3.63, 3.8) is 0 Å². The summed E-state index contributed by atoms with van der Waals surface area (Å²) in [6.45, 7) is 3.46. The van der Waals surface area contributed by atoms with E-state index in [9.17, 15) is 27.8 Å². The normalized spacial score (nSPS) is 17.2. The van der Waals surface area contributed by atoms with Crippen LogP contribution in [0.5, 0.6) is 5.75 Å². The summed E-state index contributed by atoms with van der Waals surface area (Å²) in [6.07, 6.45) is 0.952. The molecule has 1 aliphatic heterocycles. The molecular formula is C25H33F4N3O2. The minimum Gasteiger partial charge on any atom is -0.508 e. The molecule has 1 atom stereocenters. The molecular weight excluding hydrogens is 450 g/mol. The van der Waals surface area contributed by atoms with E-state index in [0.29, 0.717) is 18.7 Å². The second-order valence-corrected chi connectivity index (χ2v) is 9.49. The van der Waals surface area contributed by atoms with Crippen molar-refractivity contribution in [2.75, 3.05) is 27.7 Å². The van der Waals surface area contributed by atoms with Crippen LogP contribution in [0.4, 0.5) is 17.6 Å². The van der Waals surface area contributed by atoms with E-state index >= 15 is 0 Å². The first-order valence-corrected chi connectivity index (χ1v) is 10.9. The number of nitrogens with zero attached hydrogens (tertiary/aromatic N) is 2. The molecule has 0 saturated carbocycles. The molecule has 34 heavy (non-hydrogen) atoms. The van der Waals surface area contributed by atoms with Crippen LogP contribution in [0.3, 0.4) is 0 Å². The average molecular weight is 484 g/mol. The van der Waals surface area contributed by atoms with Crippen LogP contribution in [0, 0.1) is 5.82 Å². The van der Waals surface area contributed by atoms with E-state index in [1.54, 1.807) is 12.2 Å². The number of nitrogens with one attached hydrogen (secondary N) is 1. The molecule has 0 aromatic heterocycles. The third kappa shape index (κ3) is 7.17. The highest BCUT2D eigenvalue weighted by atomic mass is 19.4. The summed E-state index contributed by atoms with van der Waals surface area (Å²) in [5.74, 6) is -1.02. The third-order valence-electron chi connectivity index (χ3n) is 5.62. The number of benzene rings is 1. The maximum atomic E-state index is 14.2. The van der Waals surface area contributed by atoms with Crippen molar-refractivity contribution in [2.45, 2.75) is 50.3 Å². The number of hydrogen-bond acceptors (Lipinski definition) is 5. The predicted octanol–water partition coefficient (Wildman–Crippen LogP) is 4.83. The molecule has 0 spiro atoms. The number of aliphatic hydroxyl groups is 1. The van der Waals surface area contributed by atoms with Crippen molar-refractivity contribution in [3.8, 4) is 5.75 Å². The van der Waals surface area contributed by atoms with Gasteiger partial charge in [0.05, 0.1) is 5.70 Å². The highest BCUT2D eigenvalue weighted by Crippen LogP contribution is 2.46. The summed E-state index contributed by atoms with van der Waals surface area (Å²) >= 11 is 0. The van der Waals surface area contributed by atoms with Gasteiger partial charge in [0.1, 0.15) is 11.6 Å². The van der Waals surface area contributed by atoms with E-state index in [1.165, 1.54) is 27.0 Å².